The molecule has 2 heterocycles. The van der Waals surface area contributed by atoms with Crippen molar-refractivity contribution in [2.45, 2.75) is 0 Å². The highest BCUT2D eigenvalue weighted by Crippen LogP contribution is 2.04. The molecule has 1 amide bonds. The van der Waals surface area contributed by atoms with E-state index >= 15 is 0 Å². The van der Waals surface area contributed by atoms with E-state index in [2.05, 4.69) is 10.3 Å². The number of carbonyl (C=O) groups is 1. The first-order chi connectivity index (χ1) is 6.38. The van der Waals surface area contributed by atoms with Gasteiger partial charge in [-0.2, -0.15) is 0 Å². The van der Waals surface area contributed by atoms with Crippen molar-refractivity contribution in [3.05, 3.63) is 24.0 Å². The van der Waals surface area contributed by atoms with Gasteiger partial charge in [-0.3, -0.25) is 4.79 Å². The molecule has 1 aromatic rings. The number of aromatic nitrogens is 1. The zero-order chi connectivity index (χ0) is 9.10. The maximum Gasteiger partial charge on any atom is 0.255 e. The quantitative estimate of drug-likeness (QED) is 0.716. The molecule has 5 heteroatoms. The SMILES string of the molecule is Cl.O=C(c1cc[nH]c1)N1CCNCC1. The van der Waals surface area contributed by atoms with E-state index in [1.165, 1.54) is 0 Å². The number of H-pyrrole nitrogens is 1. The molecule has 1 saturated heterocycles. The Morgan fingerprint density at radius 1 is 1.36 bits per heavy atom. The Kier molecular flexibility index (Phi) is 3.98. The number of amides is 1. The maximum atomic E-state index is 11.7. The van der Waals surface area contributed by atoms with E-state index in [9.17, 15) is 4.79 Å². The Labute approximate surface area is 89.1 Å². The maximum absolute atomic E-state index is 11.7. The highest BCUT2D eigenvalue weighted by Gasteiger charge is 2.17. The van der Waals surface area contributed by atoms with Crippen molar-refractivity contribution in [3.63, 3.8) is 0 Å². The number of nitrogens with zero attached hydrogens (tertiary/aromatic N) is 1. The summed E-state index contributed by atoms with van der Waals surface area (Å²) in [4.78, 5) is 16.5. The van der Waals surface area contributed by atoms with Crippen LogP contribution in [0.15, 0.2) is 18.5 Å². The minimum absolute atomic E-state index is 0. The fourth-order valence-electron chi connectivity index (χ4n) is 1.51. The second kappa shape index (κ2) is 5.02. The summed E-state index contributed by atoms with van der Waals surface area (Å²) < 4.78 is 0. The number of aromatic amines is 1. The molecule has 1 aliphatic rings. The number of piperazine rings is 1. The van der Waals surface area contributed by atoms with Crippen molar-refractivity contribution in [2.75, 3.05) is 26.2 Å². The first kappa shape index (κ1) is 11.1. The van der Waals surface area contributed by atoms with Crippen LogP contribution in [0.25, 0.3) is 0 Å². The molecule has 0 spiro atoms. The fraction of sp³-hybridized carbons (Fsp3) is 0.444. The molecule has 0 atom stereocenters. The van der Waals surface area contributed by atoms with Gasteiger partial charge < -0.3 is 15.2 Å². The number of nitrogens with one attached hydrogen (secondary N) is 2. The summed E-state index contributed by atoms with van der Waals surface area (Å²) in [5.41, 5.74) is 0.752. The van der Waals surface area contributed by atoms with E-state index < -0.39 is 0 Å². The van der Waals surface area contributed by atoms with Gasteiger partial charge in [-0.15, -0.1) is 12.4 Å². The third kappa shape index (κ3) is 2.27. The van der Waals surface area contributed by atoms with Gasteiger partial charge in [-0.05, 0) is 6.07 Å². The van der Waals surface area contributed by atoms with Gasteiger partial charge in [0.05, 0.1) is 5.56 Å². The van der Waals surface area contributed by atoms with Crippen molar-refractivity contribution in [3.8, 4) is 0 Å². The standard InChI is InChI=1S/C9H13N3O.ClH/c13-9(8-1-2-11-7-8)12-5-3-10-4-6-12;/h1-2,7,10-11H,3-6H2;1H. The predicted octanol–water partition coefficient (Wildman–Crippen LogP) is 0.482. The van der Waals surface area contributed by atoms with Gasteiger partial charge in [-0.1, -0.05) is 0 Å². The van der Waals surface area contributed by atoms with Crippen molar-refractivity contribution in [1.82, 2.24) is 15.2 Å². The Bertz CT molecular complexity index is 280. The van der Waals surface area contributed by atoms with Crippen molar-refractivity contribution in [1.29, 1.82) is 0 Å². The van der Waals surface area contributed by atoms with E-state index in [-0.39, 0.29) is 18.3 Å². The Morgan fingerprint density at radius 3 is 2.64 bits per heavy atom. The summed E-state index contributed by atoms with van der Waals surface area (Å²) >= 11 is 0. The van der Waals surface area contributed by atoms with Crippen molar-refractivity contribution in [2.24, 2.45) is 0 Å². The summed E-state index contributed by atoms with van der Waals surface area (Å²) in [5, 5.41) is 3.21. The number of halogens is 1. The van der Waals surface area contributed by atoms with E-state index in [4.69, 9.17) is 0 Å². The summed E-state index contributed by atoms with van der Waals surface area (Å²) in [6, 6.07) is 1.81. The van der Waals surface area contributed by atoms with Crippen LogP contribution in [0.1, 0.15) is 10.4 Å². The molecule has 0 saturated carbocycles. The Hall–Kier alpha value is -1.00. The van der Waals surface area contributed by atoms with Crippen LogP contribution in [0.5, 0.6) is 0 Å². The molecule has 0 bridgehead atoms. The van der Waals surface area contributed by atoms with Crippen LogP contribution < -0.4 is 5.32 Å². The van der Waals surface area contributed by atoms with Crippen molar-refractivity contribution < 1.29 is 4.79 Å². The smallest absolute Gasteiger partial charge is 0.255 e. The molecule has 0 radical (unpaired) electrons. The third-order valence-corrected chi connectivity index (χ3v) is 2.25. The molecular formula is C9H14ClN3O. The molecule has 4 nitrogen and oxygen atoms in total. The minimum Gasteiger partial charge on any atom is -0.367 e. The molecule has 0 unspecified atom stereocenters. The molecule has 2 rings (SSSR count). The number of hydrogen-bond acceptors (Lipinski definition) is 2. The van der Waals surface area contributed by atoms with Gasteiger partial charge in [-0.25, -0.2) is 0 Å². The van der Waals surface area contributed by atoms with Crippen LogP contribution in [0, 0.1) is 0 Å². The monoisotopic (exact) mass is 215 g/mol. The van der Waals surface area contributed by atoms with Gasteiger partial charge >= 0.3 is 0 Å². The van der Waals surface area contributed by atoms with Crippen LogP contribution >= 0.6 is 12.4 Å². The van der Waals surface area contributed by atoms with Gasteiger partial charge in [0.2, 0.25) is 0 Å². The highest BCUT2D eigenvalue weighted by molar-refractivity contribution is 5.94. The Morgan fingerprint density at radius 2 is 2.07 bits per heavy atom. The number of rotatable bonds is 1. The number of hydrogen-bond donors (Lipinski definition) is 2. The van der Waals surface area contributed by atoms with Crippen LogP contribution in [0.2, 0.25) is 0 Å². The average Bonchev–Trinajstić information content (AvgIpc) is 2.71. The average molecular weight is 216 g/mol. The zero-order valence-corrected chi connectivity index (χ0v) is 8.64. The van der Waals surface area contributed by atoms with Gasteiger partial charge in [0.1, 0.15) is 0 Å². The lowest BCUT2D eigenvalue weighted by Crippen LogP contribution is -2.46. The van der Waals surface area contributed by atoms with Crippen LogP contribution in [-0.2, 0) is 0 Å². The highest BCUT2D eigenvalue weighted by atomic mass is 35.5. The Balaban J connectivity index is 0.000000980. The van der Waals surface area contributed by atoms with Gasteiger partial charge in [0, 0.05) is 38.6 Å². The normalized spacial score (nSPS) is 16.1. The third-order valence-electron chi connectivity index (χ3n) is 2.25. The summed E-state index contributed by atoms with van der Waals surface area (Å²) in [6.07, 6.45) is 3.51. The lowest BCUT2D eigenvalue weighted by Gasteiger charge is -2.26. The number of carbonyl (C=O) groups excluding carboxylic acids is 1. The van der Waals surface area contributed by atoms with E-state index in [1.54, 1.807) is 12.4 Å². The van der Waals surface area contributed by atoms with E-state index in [1.807, 2.05) is 11.0 Å². The van der Waals surface area contributed by atoms with Gasteiger partial charge in [0.25, 0.3) is 5.91 Å². The van der Waals surface area contributed by atoms with Crippen molar-refractivity contribution >= 4 is 18.3 Å². The molecule has 14 heavy (non-hydrogen) atoms. The first-order valence-corrected chi connectivity index (χ1v) is 4.51. The summed E-state index contributed by atoms with van der Waals surface area (Å²) in [6.45, 7) is 3.42. The van der Waals surface area contributed by atoms with Crippen LogP contribution in [0.3, 0.4) is 0 Å². The van der Waals surface area contributed by atoms with Crippen LogP contribution in [0.4, 0.5) is 0 Å². The molecule has 1 aromatic heterocycles. The molecule has 1 aliphatic heterocycles. The van der Waals surface area contributed by atoms with Gasteiger partial charge in [0.15, 0.2) is 0 Å². The molecule has 2 N–H and O–H groups in total. The molecular weight excluding hydrogens is 202 g/mol. The second-order valence-electron chi connectivity index (χ2n) is 3.14. The van der Waals surface area contributed by atoms with E-state index in [0.29, 0.717) is 0 Å². The summed E-state index contributed by atoms with van der Waals surface area (Å²) in [5.74, 6) is 0.128. The molecule has 78 valence electrons. The van der Waals surface area contributed by atoms with E-state index in [0.717, 1.165) is 31.7 Å². The molecule has 1 fully saturated rings. The van der Waals surface area contributed by atoms with Crippen LogP contribution in [-0.4, -0.2) is 42.0 Å². The minimum atomic E-state index is 0. The molecule has 0 aromatic carbocycles. The first-order valence-electron chi connectivity index (χ1n) is 4.51. The zero-order valence-electron chi connectivity index (χ0n) is 7.82. The lowest BCUT2D eigenvalue weighted by molar-refractivity contribution is 0.0736. The fourth-order valence-corrected chi connectivity index (χ4v) is 1.51. The summed E-state index contributed by atoms with van der Waals surface area (Å²) in [7, 11) is 0. The topological polar surface area (TPSA) is 48.1 Å². The largest absolute Gasteiger partial charge is 0.367 e. The predicted molar refractivity (Wildman–Crippen MR) is 56.8 cm³/mol. The molecule has 0 aliphatic carbocycles. The second-order valence-corrected chi connectivity index (χ2v) is 3.14. The lowest BCUT2D eigenvalue weighted by atomic mass is 10.2.